The third-order valence-corrected chi connectivity index (χ3v) is 3.96. The van der Waals surface area contributed by atoms with E-state index in [9.17, 15) is 9.18 Å². The highest BCUT2D eigenvalue weighted by Crippen LogP contribution is 2.20. The topological polar surface area (TPSA) is 57.3 Å². The van der Waals surface area contributed by atoms with Crippen LogP contribution in [0.4, 0.5) is 27.3 Å². The first-order valence-electron chi connectivity index (χ1n) is 8.54. The predicted molar refractivity (Wildman–Crippen MR) is 107 cm³/mol. The second kappa shape index (κ2) is 8.31. The van der Waals surface area contributed by atoms with Gasteiger partial charge in [0.2, 0.25) is 5.91 Å². The predicted octanol–water partition coefficient (Wildman–Crippen LogP) is 4.21. The van der Waals surface area contributed by atoms with Crippen molar-refractivity contribution in [3.8, 4) is 0 Å². The Balaban J connectivity index is 1.57. The van der Waals surface area contributed by atoms with E-state index in [2.05, 4.69) is 15.6 Å². The number of nitrogens with zero attached hydrogens (tertiary/aromatic N) is 2. The van der Waals surface area contributed by atoms with Crippen molar-refractivity contribution >= 4 is 28.8 Å². The van der Waals surface area contributed by atoms with Crippen LogP contribution < -0.4 is 15.5 Å². The monoisotopic (exact) mass is 364 g/mol. The lowest BCUT2D eigenvalue weighted by Gasteiger charge is -2.13. The fraction of sp³-hybridized carbons (Fsp3) is 0.143. The summed E-state index contributed by atoms with van der Waals surface area (Å²) in [6.45, 7) is 0. The normalized spacial score (nSPS) is 10.3. The largest absolute Gasteiger partial charge is 0.378 e. The smallest absolute Gasteiger partial charge is 0.229 e. The second-order valence-electron chi connectivity index (χ2n) is 6.35. The Morgan fingerprint density at radius 2 is 1.78 bits per heavy atom. The van der Waals surface area contributed by atoms with Crippen molar-refractivity contribution in [3.63, 3.8) is 0 Å². The molecule has 0 aliphatic rings. The number of aromatic nitrogens is 1. The van der Waals surface area contributed by atoms with Gasteiger partial charge in [0.25, 0.3) is 0 Å². The summed E-state index contributed by atoms with van der Waals surface area (Å²) in [5, 5.41) is 5.98. The molecule has 3 rings (SSSR count). The van der Waals surface area contributed by atoms with Crippen LogP contribution in [0.2, 0.25) is 0 Å². The number of hydrogen-bond donors (Lipinski definition) is 2. The van der Waals surface area contributed by atoms with Crippen LogP contribution in [0.25, 0.3) is 0 Å². The van der Waals surface area contributed by atoms with Gasteiger partial charge < -0.3 is 15.5 Å². The first kappa shape index (κ1) is 18.4. The maximum Gasteiger partial charge on any atom is 0.229 e. The van der Waals surface area contributed by atoms with Crippen LogP contribution in [-0.4, -0.2) is 25.0 Å². The van der Waals surface area contributed by atoms with Crippen molar-refractivity contribution in [2.45, 2.75) is 6.42 Å². The molecule has 2 aromatic carbocycles. The highest BCUT2D eigenvalue weighted by Gasteiger charge is 2.06. The third kappa shape index (κ3) is 5.28. The molecule has 3 aromatic rings. The molecule has 0 aliphatic carbocycles. The number of carbonyl (C=O) groups is 1. The molecular weight excluding hydrogens is 343 g/mol. The van der Waals surface area contributed by atoms with E-state index in [1.807, 2.05) is 49.3 Å². The molecule has 0 saturated heterocycles. The molecule has 0 spiro atoms. The van der Waals surface area contributed by atoms with Gasteiger partial charge in [0, 0.05) is 25.5 Å². The average molecular weight is 364 g/mol. The number of hydrogen-bond acceptors (Lipinski definition) is 4. The standard InChI is InChI=1S/C21H21FN4O/c1-26(2)19-9-6-17(7-10-19)24-18-8-11-20(23-14-18)25-21(27)13-15-4-3-5-16(22)12-15/h3-12,14,24H,13H2,1-2H3,(H,23,25,27). The van der Waals surface area contributed by atoms with Gasteiger partial charge in [0.1, 0.15) is 11.6 Å². The minimum Gasteiger partial charge on any atom is -0.378 e. The lowest BCUT2D eigenvalue weighted by Crippen LogP contribution is -2.15. The Kier molecular flexibility index (Phi) is 5.66. The lowest BCUT2D eigenvalue weighted by atomic mass is 10.1. The van der Waals surface area contributed by atoms with Crippen LogP contribution >= 0.6 is 0 Å². The molecule has 1 heterocycles. The van der Waals surface area contributed by atoms with Gasteiger partial charge in [-0.05, 0) is 54.1 Å². The van der Waals surface area contributed by atoms with Gasteiger partial charge in [0.15, 0.2) is 0 Å². The van der Waals surface area contributed by atoms with Gasteiger partial charge >= 0.3 is 0 Å². The Morgan fingerprint density at radius 3 is 2.41 bits per heavy atom. The molecule has 5 nitrogen and oxygen atoms in total. The van der Waals surface area contributed by atoms with Crippen molar-refractivity contribution in [2.24, 2.45) is 0 Å². The number of halogens is 1. The minimum absolute atomic E-state index is 0.0949. The van der Waals surface area contributed by atoms with E-state index < -0.39 is 0 Å². The van der Waals surface area contributed by atoms with Gasteiger partial charge in [-0.25, -0.2) is 9.37 Å². The number of amides is 1. The van der Waals surface area contributed by atoms with Crippen LogP contribution in [0.5, 0.6) is 0 Å². The Bertz CT molecular complexity index is 908. The number of anilines is 4. The molecular formula is C21H21FN4O. The molecule has 1 amide bonds. The molecule has 6 heteroatoms. The van der Waals surface area contributed by atoms with Gasteiger partial charge in [0.05, 0.1) is 18.3 Å². The molecule has 0 bridgehead atoms. The van der Waals surface area contributed by atoms with Crippen molar-refractivity contribution in [1.29, 1.82) is 0 Å². The number of rotatable bonds is 6. The summed E-state index contributed by atoms with van der Waals surface area (Å²) in [6, 6.07) is 17.6. The zero-order valence-electron chi connectivity index (χ0n) is 15.2. The molecule has 0 saturated carbocycles. The summed E-state index contributed by atoms with van der Waals surface area (Å²) < 4.78 is 13.2. The maximum atomic E-state index is 13.2. The van der Waals surface area contributed by atoms with Gasteiger partial charge in [-0.15, -0.1) is 0 Å². The summed E-state index contributed by atoms with van der Waals surface area (Å²) in [7, 11) is 3.99. The summed E-state index contributed by atoms with van der Waals surface area (Å²) in [5.41, 5.74) is 3.50. The SMILES string of the molecule is CN(C)c1ccc(Nc2ccc(NC(=O)Cc3cccc(F)c3)nc2)cc1. The number of benzene rings is 2. The number of nitrogens with one attached hydrogen (secondary N) is 2. The molecule has 138 valence electrons. The van der Waals surface area contributed by atoms with E-state index in [-0.39, 0.29) is 18.1 Å². The van der Waals surface area contributed by atoms with Crippen LogP contribution in [-0.2, 0) is 11.2 Å². The zero-order valence-corrected chi connectivity index (χ0v) is 15.2. The lowest BCUT2D eigenvalue weighted by molar-refractivity contribution is -0.115. The summed E-state index contributed by atoms with van der Waals surface area (Å²) in [5.74, 6) is -0.148. The first-order chi connectivity index (χ1) is 13.0. The van der Waals surface area contributed by atoms with E-state index >= 15 is 0 Å². The highest BCUT2D eigenvalue weighted by molar-refractivity contribution is 5.91. The van der Waals surface area contributed by atoms with Gasteiger partial charge in [-0.1, -0.05) is 12.1 Å². The minimum atomic E-state index is -0.354. The van der Waals surface area contributed by atoms with E-state index in [1.165, 1.54) is 12.1 Å². The van der Waals surface area contributed by atoms with Crippen molar-refractivity contribution in [2.75, 3.05) is 29.6 Å². The molecule has 27 heavy (non-hydrogen) atoms. The van der Waals surface area contributed by atoms with Crippen LogP contribution in [0, 0.1) is 5.82 Å². The van der Waals surface area contributed by atoms with Crippen LogP contribution in [0.15, 0.2) is 66.9 Å². The molecule has 1 aromatic heterocycles. The van der Waals surface area contributed by atoms with Crippen LogP contribution in [0.1, 0.15) is 5.56 Å². The van der Waals surface area contributed by atoms with Crippen molar-refractivity contribution < 1.29 is 9.18 Å². The summed E-state index contributed by atoms with van der Waals surface area (Å²) >= 11 is 0. The van der Waals surface area contributed by atoms with Gasteiger partial charge in [-0.2, -0.15) is 0 Å². The first-order valence-corrected chi connectivity index (χ1v) is 8.54. The molecule has 0 unspecified atom stereocenters. The van der Waals surface area contributed by atoms with E-state index in [0.717, 1.165) is 17.1 Å². The highest BCUT2D eigenvalue weighted by atomic mass is 19.1. The van der Waals surface area contributed by atoms with Crippen molar-refractivity contribution in [3.05, 3.63) is 78.2 Å². The fourth-order valence-electron chi connectivity index (χ4n) is 2.57. The zero-order chi connectivity index (χ0) is 19.2. The fourth-order valence-corrected chi connectivity index (χ4v) is 2.57. The van der Waals surface area contributed by atoms with E-state index in [1.54, 1.807) is 24.4 Å². The molecule has 0 radical (unpaired) electrons. The number of pyridine rings is 1. The summed E-state index contributed by atoms with van der Waals surface area (Å²) in [6.07, 6.45) is 1.75. The molecule has 2 N–H and O–H groups in total. The number of carbonyl (C=O) groups excluding carboxylic acids is 1. The molecule has 0 fully saturated rings. The van der Waals surface area contributed by atoms with Gasteiger partial charge in [-0.3, -0.25) is 4.79 Å². The second-order valence-corrected chi connectivity index (χ2v) is 6.35. The van der Waals surface area contributed by atoms with E-state index in [0.29, 0.717) is 11.4 Å². The maximum absolute atomic E-state index is 13.2. The van der Waals surface area contributed by atoms with Crippen molar-refractivity contribution in [1.82, 2.24) is 4.98 Å². The summed E-state index contributed by atoms with van der Waals surface area (Å²) in [4.78, 5) is 18.3. The Labute approximate surface area is 157 Å². The quantitative estimate of drug-likeness (QED) is 0.688. The average Bonchev–Trinajstić information content (AvgIpc) is 2.64. The molecule has 0 aliphatic heterocycles. The molecule has 0 atom stereocenters. The Morgan fingerprint density at radius 1 is 1.04 bits per heavy atom. The van der Waals surface area contributed by atoms with Crippen LogP contribution in [0.3, 0.4) is 0 Å². The third-order valence-electron chi connectivity index (χ3n) is 3.96. The Hall–Kier alpha value is -3.41. The van der Waals surface area contributed by atoms with E-state index in [4.69, 9.17) is 0 Å².